The van der Waals surface area contributed by atoms with E-state index in [1.165, 1.54) is 23.9 Å². The molecular formula is C14H9ClO4S. The zero-order valence-corrected chi connectivity index (χ0v) is 11.6. The van der Waals surface area contributed by atoms with Crippen LogP contribution in [0, 0.1) is 0 Å². The monoisotopic (exact) mass is 308 g/mol. The van der Waals surface area contributed by atoms with Crippen LogP contribution in [0.2, 0.25) is 5.02 Å². The first-order valence-electron chi connectivity index (χ1n) is 5.51. The number of hydrogen-bond acceptors (Lipinski definition) is 3. The minimum atomic E-state index is -1.26. The van der Waals surface area contributed by atoms with Crippen LogP contribution in [0.25, 0.3) is 0 Å². The number of carboxylic acids is 2. The molecule has 20 heavy (non-hydrogen) atoms. The summed E-state index contributed by atoms with van der Waals surface area (Å²) in [5, 5.41) is 18.6. The highest BCUT2D eigenvalue weighted by atomic mass is 35.5. The van der Waals surface area contributed by atoms with E-state index in [4.69, 9.17) is 21.8 Å². The number of carbonyl (C=O) groups is 2. The normalized spacial score (nSPS) is 10.2. The predicted octanol–water partition coefficient (Wildman–Crippen LogP) is 3.89. The summed E-state index contributed by atoms with van der Waals surface area (Å²) in [6, 6.07) is 11.3. The van der Waals surface area contributed by atoms with Gasteiger partial charge in [0.1, 0.15) is 0 Å². The van der Waals surface area contributed by atoms with E-state index in [0.29, 0.717) is 9.92 Å². The Morgan fingerprint density at radius 3 is 1.95 bits per heavy atom. The Balaban J connectivity index is 2.34. The third kappa shape index (κ3) is 3.31. The van der Waals surface area contributed by atoms with E-state index in [1.807, 2.05) is 0 Å². The Kier molecular flexibility index (Phi) is 4.32. The topological polar surface area (TPSA) is 74.6 Å². The fourth-order valence-corrected chi connectivity index (χ4v) is 2.57. The lowest BCUT2D eigenvalue weighted by molar-refractivity contribution is 0.0651. The summed E-state index contributed by atoms with van der Waals surface area (Å²) in [6.07, 6.45) is 0. The molecule has 2 aromatic carbocycles. The third-order valence-corrected chi connectivity index (χ3v) is 3.75. The summed E-state index contributed by atoms with van der Waals surface area (Å²) in [4.78, 5) is 23.6. The van der Waals surface area contributed by atoms with Crippen molar-refractivity contribution < 1.29 is 19.8 Å². The van der Waals surface area contributed by atoms with Gasteiger partial charge in [-0.1, -0.05) is 23.4 Å². The highest BCUT2D eigenvalue weighted by Gasteiger charge is 2.16. The van der Waals surface area contributed by atoms with Gasteiger partial charge in [0.05, 0.1) is 11.1 Å². The van der Waals surface area contributed by atoms with E-state index in [2.05, 4.69) is 0 Å². The van der Waals surface area contributed by atoms with Crippen molar-refractivity contribution in [1.29, 1.82) is 0 Å². The molecule has 4 nitrogen and oxygen atoms in total. The van der Waals surface area contributed by atoms with E-state index < -0.39 is 11.9 Å². The van der Waals surface area contributed by atoms with E-state index in [9.17, 15) is 9.59 Å². The maximum absolute atomic E-state index is 11.1. The van der Waals surface area contributed by atoms with Crippen LogP contribution >= 0.6 is 23.4 Å². The second kappa shape index (κ2) is 5.98. The summed E-state index contributed by atoms with van der Waals surface area (Å²) in [6.45, 7) is 0. The van der Waals surface area contributed by atoms with Crippen LogP contribution in [0.15, 0.2) is 52.3 Å². The highest BCUT2D eigenvalue weighted by molar-refractivity contribution is 7.99. The quantitative estimate of drug-likeness (QED) is 0.896. The van der Waals surface area contributed by atoms with Crippen molar-refractivity contribution in [1.82, 2.24) is 0 Å². The smallest absolute Gasteiger partial charge is 0.336 e. The van der Waals surface area contributed by atoms with Crippen LogP contribution in [-0.2, 0) is 0 Å². The minimum Gasteiger partial charge on any atom is -0.478 e. The molecule has 0 amide bonds. The molecule has 102 valence electrons. The first-order valence-corrected chi connectivity index (χ1v) is 6.71. The number of rotatable bonds is 4. The zero-order valence-electron chi connectivity index (χ0n) is 10.0. The average molecular weight is 309 g/mol. The van der Waals surface area contributed by atoms with E-state index in [0.717, 1.165) is 4.90 Å². The van der Waals surface area contributed by atoms with Crippen molar-refractivity contribution >= 4 is 35.3 Å². The Morgan fingerprint density at radius 1 is 0.850 bits per heavy atom. The summed E-state index contributed by atoms with van der Waals surface area (Å²) in [7, 11) is 0. The fraction of sp³-hybridized carbons (Fsp3) is 0. The van der Waals surface area contributed by atoms with Crippen LogP contribution < -0.4 is 0 Å². The molecule has 2 aromatic rings. The first-order chi connectivity index (χ1) is 9.47. The Labute approximate surface area is 124 Å². The van der Waals surface area contributed by atoms with Crippen molar-refractivity contribution in [3.05, 3.63) is 58.6 Å². The number of carboxylic acid groups (broad SMARTS) is 2. The predicted molar refractivity (Wildman–Crippen MR) is 75.9 cm³/mol. The van der Waals surface area contributed by atoms with Crippen LogP contribution in [0.4, 0.5) is 0 Å². The van der Waals surface area contributed by atoms with Gasteiger partial charge in [-0.05, 0) is 42.5 Å². The summed E-state index contributed by atoms with van der Waals surface area (Å²) in [5.74, 6) is -2.52. The highest BCUT2D eigenvalue weighted by Crippen LogP contribution is 2.30. The second-order valence-electron chi connectivity index (χ2n) is 3.87. The molecule has 0 aliphatic carbocycles. The first kappa shape index (κ1) is 14.4. The van der Waals surface area contributed by atoms with Gasteiger partial charge in [-0.25, -0.2) is 9.59 Å². The van der Waals surface area contributed by atoms with E-state index >= 15 is 0 Å². The molecule has 0 bridgehead atoms. The standard InChI is InChI=1S/C14H9ClO4S/c15-8-1-3-9(4-2-8)20-10-5-6-11(13(16)17)12(7-10)14(18)19/h1-7H,(H,16,17)(H,18,19). The van der Waals surface area contributed by atoms with E-state index in [-0.39, 0.29) is 11.1 Å². The van der Waals surface area contributed by atoms with Crippen molar-refractivity contribution in [2.24, 2.45) is 0 Å². The molecule has 6 heteroatoms. The summed E-state index contributed by atoms with van der Waals surface area (Å²) < 4.78 is 0. The molecule has 0 saturated heterocycles. The number of hydrogen-bond donors (Lipinski definition) is 2. The number of halogens is 1. The molecule has 2 rings (SSSR count). The largest absolute Gasteiger partial charge is 0.478 e. The van der Waals surface area contributed by atoms with Crippen molar-refractivity contribution in [2.75, 3.05) is 0 Å². The molecule has 0 aliphatic rings. The fourth-order valence-electron chi connectivity index (χ4n) is 1.59. The molecule has 0 unspecified atom stereocenters. The van der Waals surface area contributed by atoms with Crippen LogP contribution in [0.3, 0.4) is 0 Å². The number of aromatic carboxylic acids is 2. The van der Waals surface area contributed by atoms with Crippen LogP contribution in [-0.4, -0.2) is 22.2 Å². The molecule has 0 aromatic heterocycles. The summed E-state index contributed by atoms with van der Waals surface area (Å²) >= 11 is 7.12. The molecule has 0 heterocycles. The summed E-state index contributed by atoms with van der Waals surface area (Å²) in [5.41, 5.74) is -0.450. The SMILES string of the molecule is O=C(O)c1ccc(Sc2ccc(Cl)cc2)cc1C(=O)O. The van der Waals surface area contributed by atoms with Gasteiger partial charge in [-0.15, -0.1) is 0 Å². The van der Waals surface area contributed by atoms with Crippen LogP contribution in [0.5, 0.6) is 0 Å². The van der Waals surface area contributed by atoms with Gasteiger partial charge in [-0.2, -0.15) is 0 Å². The maximum atomic E-state index is 11.1. The molecular weight excluding hydrogens is 300 g/mol. The Morgan fingerprint density at radius 2 is 1.40 bits per heavy atom. The lowest BCUT2D eigenvalue weighted by Crippen LogP contribution is -2.07. The van der Waals surface area contributed by atoms with Crippen LogP contribution in [0.1, 0.15) is 20.7 Å². The lowest BCUT2D eigenvalue weighted by atomic mass is 10.1. The van der Waals surface area contributed by atoms with Crippen molar-refractivity contribution in [2.45, 2.75) is 9.79 Å². The molecule has 2 N–H and O–H groups in total. The van der Waals surface area contributed by atoms with Gasteiger partial charge >= 0.3 is 11.9 Å². The molecule has 0 radical (unpaired) electrons. The van der Waals surface area contributed by atoms with Gasteiger partial charge in [0.15, 0.2) is 0 Å². The van der Waals surface area contributed by atoms with Crippen molar-refractivity contribution in [3.8, 4) is 0 Å². The van der Waals surface area contributed by atoms with Crippen molar-refractivity contribution in [3.63, 3.8) is 0 Å². The second-order valence-corrected chi connectivity index (χ2v) is 5.46. The third-order valence-electron chi connectivity index (χ3n) is 2.50. The Hall–Kier alpha value is -1.98. The minimum absolute atomic E-state index is 0.224. The zero-order chi connectivity index (χ0) is 14.7. The number of benzene rings is 2. The van der Waals surface area contributed by atoms with Gasteiger partial charge in [-0.3, -0.25) is 0 Å². The molecule has 0 saturated carbocycles. The van der Waals surface area contributed by atoms with E-state index in [1.54, 1.807) is 30.3 Å². The maximum Gasteiger partial charge on any atom is 0.336 e. The van der Waals surface area contributed by atoms with Gasteiger partial charge < -0.3 is 10.2 Å². The van der Waals surface area contributed by atoms with Gasteiger partial charge in [0.25, 0.3) is 0 Å². The Bertz CT molecular complexity index is 667. The molecule has 0 aliphatic heterocycles. The average Bonchev–Trinajstić information content (AvgIpc) is 2.41. The molecule has 0 fully saturated rings. The van der Waals surface area contributed by atoms with Gasteiger partial charge in [0, 0.05) is 14.8 Å². The molecule has 0 atom stereocenters. The van der Waals surface area contributed by atoms with Gasteiger partial charge in [0.2, 0.25) is 0 Å². The lowest BCUT2D eigenvalue weighted by Gasteiger charge is -2.06. The molecule has 0 spiro atoms.